The highest BCUT2D eigenvalue weighted by Gasteiger charge is 2.49. The van der Waals surface area contributed by atoms with E-state index in [1.165, 1.54) is 19.0 Å². The molecule has 0 amide bonds. The highest BCUT2D eigenvalue weighted by atomic mass is 35.5. The van der Waals surface area contributed by atoms with Crippen LogP contribution in [0, 0.1) is 11.8 Å². The van der Waals surface area contributed by atoms with Gasteiger partial charge >= 0.3 is 5.69 Å². The Morgan fingerprint density at radius 2 is 2.12 bits per heavy atom. The fourth-order valence-corrected chi connectivity index (χ4v) is 3.75. The van der Waals surface area contributed by atoms with E-state index in [0.29, 0.717) is 28.2 Å². The summed E-state index contributed by atoms with van der Waals surface area (Å²) < 4.78 is 1.57. The van der Waals surface area contributed by atoms with Gasteiger partial charge in [-0.1, -0.05) is 11.6 Å². The van der Waals surface area contributed by atoms with Crippen molar-refractivity contribution in [1.82, 2.24) is 24.6 Å². The lowest BCUT2D eigenvalue weighted by Crippen LogP contribution is -2.23. The van der Waals surface area contributed by atoms with E-state index in [-0.39, 0.29) is 0 Å². The first-order valence-electron chi connectivity index (χ1n) is 7.98. The predicted molar refractivity (Wildman–Crippen MR) is 88.2 cm³/mol. The monoisotopic (exact) mass is 343 g/mol. The summed E-state index contributed by atoms with van der Waals surface area (Å²) in [6.07, 6.45) is 6.72. The Morgan fingerprint density at radius 1 is 1.29 bits per heavy atom. The fourth-order valence-electron chi connectivity index (χ4n) is 3.59. The summed E-state index contributed by atoms with van der Waals surface area (Å²) in [7, 11) is 0. The topological polar surface area (TPSA) is 95.9 Å². The van der Waals surface area contributed by atoms with Gasteiger partial charge in [0.15, 0.2) is 10.8 Å². The Bertz CT molecular complexity index is 1080. The second-order valence-electron chi connectivity index (χ2n) is 6.63. The standard InChI is InChI=1S/C16H14ClN5O2/c17-13-6-18-14-10(9-3-8(9)7-1-2-7)4-12(21-22(13)14)11-5-19-16(24)20-15(11)23/h4-9H,1-3H2,(H2,19,20,23,24)/t8-,9+/m1/s1. The maximum absolute atomic E-state index is 12.1. The molecule has 2 fully saturated rings. The Morgan fingerprint density at radius 3 is 2.88 bits per heavy atom. The number of halogens is 1. The smallest absolute Gasteiger partial charge is 0.313 e. The van der Waals surface area contributed by atoms with Gasteiger partial charge in [0, 0.05) is 11.8 Å². The first-order chi connectivity index (χ1) is 11.6. The molecule has 2 saturated carbocycles. The van der Waals surface area contributed by atoms with Gasteiger partial charge in [-0.15, -0.1) is 0 Å². The molecular weight excluding hydrogens is 330 g/mol. The van der Waals surface area contributed by atoms with E-state index in [2.05, 4.69) is 20.1 Å². The minimum Gasteiger partial charge on any atom is -0.313 e. The molecule has 0 saturated heterocycles. The first-order valence-corrected chi connectivity index (χ1v) is 8.36. The Labute approximate surface area is 140 Å². The Kier molecular flexibility index (Phi) is 2.79. The second-order valence-corrected chi connectivity index (χ2v) is 7.02. The SMILES string of the molecule is O=c1[nH]cc(-c2cc([C@H]3C[C@@H]3C3CC3)c3ncc(Cl)n3n2)c(=O)[nH]1. The number of H-pyrrole nitrogens is 2. The van der Waals surface area contributed by atoms with Crippen LogP contribution in [-0.2, 0) is 0 Å². The van der Waals surface area contributed by atoms with Crippen molar-refractivity contribution >= 4 is 17.2 Å². The number of hydrogen-bond donors (Lipinski definition) is 2. The van der Waals surface area contributed by atoms with Crippen molar-refractivity contribution in [1.29, 1.82) is 0 Å². The minimum atomic E-state index is -0.540. The average Bonchev–Trinajstić information content (AvgIpc) is 3.44. The highest BCUT2D eigenvalue weighted by molar-refractivity contribution is 6.29. The maximum atomic E-state index is 12.1. The third kappa shape index (κ3) is 2.11. The van der Waals surface area contributed by atoms with Gasteiger partial charge < -0.3 is 4.98 Å². The molecule has 0 radical (unpaired) electrons. The van der Waals surface area contributed by atoms with Crippen LogP contribution in [0.1, 0.15) is 30.7 Å². The van der Waals surface area contributed by atoms with Gasteiger partial charge in [0.2, 0.25) is 0 Å². The molecule has 3 aromatic heterocycles. The van der Waals surface area contributed by atoms with E-state index < -0.39 is 11.2 Å². The second kappa shape index (κ2) is 4.80. The molecule has 0 aromatic carbocycles. The van der Waals surface area contributed by atoms with E-state index in [9.17, 15) is 9.59 Å². The van der Waals surface area contributed by atoms with E-state index in [4.69, 9.17) is 11.6 Å². The van der Waals surface area contributed by atoms with Crippen molar-refractivity contribution in [2.45, 2.75) is 25.2 Å². The fraction of sp³-hybridized carbons (Fsp3) is 0.375. The number of rotatable bonds is 3. The summed E-state index contributed by atoms with van der Waals surface area (Å²) >= 11 is 6.20. The minimum absolute atomic E-state index is 0.311. The van der Waals surface area contributed by atoms with Crippen LogP contribution in [0.15, 0.2) is 28.0 Å². The molecule has 122 valence electrons. The Balaban J connectivity index is 1.70. The normalized spacial score (nSPS) is 22.9. The molecule has 0 aliphatic heterocycles. The number of fused-ring (bicyclic) bond motifs is 1. The van der Waals surface area contributed by atoms with Crippen molar-refractivity contribution in [3.8, 4) is 11.3 Å². The molecule has 24 heavy (non-hydrogen) atoms. The molecule has 2 aliphatic carbocycles. The van der Waals surface area contributed by atoms with Crippen LogP contribution in [0.3, 0.4) is 0 Å². The van der Waals surface area contributed by atoms with Gasteiger partial charge in [-0.2, -0.15) is 5.10 Å². The lowest BCUT2D eigenvalue weighted by atomic mass is 10.1. The van der Waals surface area contributed by atoms with E-state index in [0.717, 1.165) is 23.5 Å². The molecule has 5 rings (SSSR count). The first kappa shape index (κ1) is 14.0. The van der Waals surface area contributed by atoms with Crippen LogP contribution in [-0.4, -0.2) is 24.6 Å². The van der Waals surface area contributed by atoms with E-state index >= 15 is 0 Å². The van der Waals surface area contributed by atoms with Gasteiger partial charge in [-0.05, 0) is 43.1 Å². The van der Waals surface area contributed by atoms with Gasteiger partial charge in [0.1, 0.15) is 0 Å². The van der Waals surface area contributed by atoms with Crippen LogP contribution >= 0.6 is 11.6 Å². The maximum Gasteiger partial charge on any atom is 0.325 e. The van der Waals surface area contributed by atoms with E-state index in [1.807, 2.05) is 6.07 Å². The Hall–Kier alpha value is -2.41. The molecular formula is C16H14ClN5O2. The summed E-state index contributed by atoms with van der Waals surface area (Å²) in [6, 6.07) is 1.91. The quantitative estimate of drug-likeness (QED) is 0.759. The molecule has 0 unspecified atom stereocenters. The third-order valence-corrected chi connectivity index (χ3v) is 5.27. The number of imidazole rings is 1. The van der Waals surface area contributed by atoms with Crippen molar-refractivity contribution in [2.24, 2.45) is 11.8 Å². The van der Waals surface area contributed by atoms with Crippen LogP contribution in [0.25, 0.3) is 16.9 Å². The summed E-state index contributed by atoms with van der Waals surface area (Å²) in [4.78, 5) is 32.5. The number of aromatic amines is 2. The zero-order valence-electron chi connectivity index (χ0n) is 12.6. The zero-order chi connectivity index (χ0) is 16.4. The van der Waals surface area contributed by atoms with Gasteiger partial charge in [0.05, 0.1) is 17.5 Å². The lowest BCUT2D eigenvalue weighted by molar-refractivity contribution is 0.689. The van der Waals surface area contributed by atoms with Crippen LogP contribution in [0.4, 0.5) is 0 Å². The molecule has 8 heteroatoms. The van der Waals surface area contributed by atoms with Gasteiger partial charge in [-0.3, -0.25) is 9.78 Å². The number of nitrogens with one attached hydrogen (secondary N) is 2. The lowest BCUT2D eigenvalue weighted by Gasteiger charge is -2.07. The van der Waals surface area contributed by atoms with E-state index in [1.54, 1.807) is 10.7 Å². The molecule has 0 bridgehead atoms. The van der Waals surface area contributed by atoms with Crippen molar-refractivity contribution in [3.63, 3.8) is 0 Å². The van der Waals surface area contributed by atoms with Crippen LogP contribution < -0.4 is 11.2 Å². The van der Waals surface area contributed by atoms with Gasteiger partial charge in [0.25, 0.3) is 5.56 Å². The molecule has 2 atom stereocenters. The molecule has 3 aromatic rings. The molecule has 2 aliphatic rings. The van der Waals surface area contributed by atoms with Crippen molar-refractivity contribution in [2.75, 3.05) is 0 Å². The highest BCUT2D eigenvalue weighted by Crippen LogP contribution is 2.59. The van der Waals surface area contributed by atoms with Crippen LogP contribution in [0.2, 0.25) is 5.15 Å². The largest absolute Gasteiger partial charge is 0.325 e. The number of nitrogens with zero attached hydrogens (tertiary/aromatic N) is 3. The summed E-state index contributed by atoms with van der Waals surface area (Å²) in [5, 5.41) is 4.83. The zero-order valence-corrected chi connectivity index (χ0v) is 13.4. The van der Waals surface area contributed by atoms with Gasteiger partial charge in [-0.25, -0.2) is 14.3 Å². The predicted octanol–water partition coefficient (Wildman–Crippen LogP) is 1.94. The molecule has 3 heterocycles. The summed E-state index contributed by atoms with van der Waals surface area (Å²) in [5.41, 5.74) is 1.61. The molecule has 0 spiro atoms. The van der Waals surface area contributed by atoms with Crippen molar-refractivity contribution < 1.29 is 0 Å². The van der Waals surface area contributed by atoms with Crippen molar-refractivity contribution in [3.05, 3.63) is 50.0 Å². The summed E-state index contributed by atoms with van der Waals surface area (Å²) in [6.45, 7) is 0. The number of aromatic nitrogens is 5. The summed E-state index contributed by atoms with van der Waals surface area (Å²) in [5.74, 6) is 1.98. The average molecular weight is 344 g/mol. The molecule has 7 nitrogen and oxygen atoms in total. The van der Waals surface area contributed by atoms with Crippen LogP contribution in [0.5, 0.6) is 0 Å². The molecule has 2 N–H and O–H groups in total. The number of hydrogen-bond acceptors (Lipinski definition) is 4. The third-order valence-electron chi connectivity index (χ3n) is 5.02.